The summed E-state index contributed by atoms with van der Waals surface area (Å²) in [5, 5.41) is -0.156. The lowest BCUT2D eigenvalue weighted by molar-refractivity contribution is -0.129. The molecule has 6 nitrogen and oxygen atoms in total. The Morgan fingerprint density at radius 3 is 2.48 bits per heavy atom. The molecule has 1 aliphatic heterocycles. The van der Waals surface area contributed by atoms with Crippen molar-refractivity contribution in [1.82, 2.24) is 9.88 Å². The molecule has 31 heavy (non-hydrogen) atoms. The third-order valence-corrected chi connectivity index (χ3v) is 8.47. The van der Waals surface area contributed by atoms with E-state index in [2.05, 4.69) is 11.1 Å². The molecule has 0 radical (unpaired) electrons. The molecular formula is C23H25ClN2O4S. The van der Waals surface area contributed by atoms with Crippen LogP contribution in [-0.4, -0.2) is 42.5 Å². The Balaban J connectivity index is 1.70. The van der Waals surface area contributed by atoms with E-state index in [-0.39, 0.29) is 27.7 Å². The summed E-state index contributed by atoms with van der Waals surface area (Å²) in [5.74, 6) is 0.270. The molecule has 0 spiro atoms. The maximum atomic E-state index is 12.5. The number of hydrogen-bond acceptors (Lipinski definition) is 4. The third-order valence-electron chi connectivity index (χ3n) is 5.89. The van der Waals surface area contributed by atoms with Crippen molar-refractivity contribution in [2.24, 2.45) is 5.92 Å². The number of halogens is 1. The van der Waals surface area contributed by atoms with E-state index in [1.807, 2.05) is 11.8 Å². The van der Waals surface area contributed by atoms with Gasteiger partial charge in [0.25, 0.3) is 5.56 Å². The Hall–Kier alpha value is -2.38. The van der Waals surface area contributed by atoms with Gasteiger partial charge in [0.2, 0.25) is 5.91 Å². The second kappa shape index (κ2) is 8.63. The summed E-state index contributed by atoms with van der Waals surface area (Å²) < 4.78 is 25.0. The van der Waals surface area contributed by atoms with Crippen LogP contribution in [0, 0.1) is 5.92 Å². The van der Waals surface area contributed by atoms with E-state index in [0.29, 0.717) is 30.1 Å². The summed E-state index contributed by atoms with van der Waals surface area (Å²) in [6.45, 7) is 3.19. The Labute approximate surface area is 186 Å². The van der Waals surface area contributed by atoms with E-state index in [1.54, 1.807) is 36.4 Å². The van der Waals surface area contributed by atoms with Crippen LogP contribution in [0.5, 0.6) is 0 Å². The van der Waals surface area contributed by atoms with Crippen molar-refractivity contribution in [3.8, 4) is 0 Å². The smallest absolute Gasteiger partial charge is 0.267 e. The molecule has 4 rings (SSSR count). The molecular weight excluding hydrogens is 436 g/mol. The number of amides is 1. The maximum absolute atomic E-state index is 12.5. The van der Waals surface area contributed by atoms with Crippen molar-refractivity contribution in [3.05, 3.63) is 69.1 Å². The zero-order valence-electron chi connectivity index (χ0n) is 17.3. The number of benzene rings is 1. The molecule has 1 atom stereocenters. The molecule has 2 aliphatic rings. The first kappa shape index (κ1) is 21.8. The van der Waals surface area contributed by atoms with Crippen LogP contribution in [0.2, 0.25) is 5.02 Å². The average Bonchev–Trinajstić information content (AvgIpc) is 3.53. The standard InChI is InChI=1S/C23H25ClN2O4S/c1-2-22(27)26-12-11-15(14-26)13-19(21-10-9-20(24)23(28)25-21)16-3-5-17(6-4-16)31(29,30)18-7-8-18/h3-6,9-10,13,15,18H,2,7-8,11-12,14H2,1H3,(H,25,28)/b19-13+/t15-/m1/s1. The fourth-order valence-electron chi connectivity index (χ4n) is 3.96. The van der Waals surface area contributed by atoms with Gasteiger partial charge in [0.1, 0.15) is 5.02 Å². The summed E-state index contributed by atoms with van der Waals surface area (Å²) in [5.41, 5.74) is 1.81. The summed E-state index contributed by atoms with van der Waals surface area (Å²) in [4.78, 5) is 29.1. The summed E-state index contributed by atoms with van der Waals surface area (Å²) in [6.07, 6.45) is 4.81. The van der Waals surface area contributed by atoms with Gasteiger partial charge in [0, 0.05) is 30.8 Å². The first-order valence-electron chi connectivity index (χ1n) is 10.5. The van der Waals surface area contributed by atoms with Crippen molar-refractivity contribution < 1.29 is 13.2 Å². The van der Waals surface area contributed by atoms with Crippen LogP contribution in [0.15, 0.2) is 52.2 Å². The highest BCUT2D eigenvalue weighted by Crippen LogP contribution is 2.34. The molecule has 1 aliphatic carbocycles. The van der Waals surface area contributed by atoms with Gasteiger partial charge in [-0.15, -0.1) is 0 Å². The van der Waals surface area contributed by atoms with E-state index < -0.39 is 9.84 Å². The van der Waals surface area contributed by atoms with Crippen LogP contribution in [0.25, 0.3) is 5.57 Å². The second-order valence-corrected chi connectivity index (χ2v) is 10.8. The van der Waals surface area contributed by atoms with Crippen LogP contribution in [0.3, 0.4) is 0 Å². The van der Waals surface area contributed by atoms with E-state index in [9.17, 15) is 18.0 Å². The molecule has 2 aromatic rings. The zero-order chi connectivity index (χ0) is 22.2. The van der Waals surface area contributed by atoms with Gasteiger partial charge in [-0.3, -0.25) is 9.59 Å². The minimum Gasteiger partial charge on any atom is -0.342 e. The van der Waals surface area contributed by atoms with Crippen LogP contribution >= 0.6 is 11.6 Å². The molecule has 1 aromatic heterocycles. The Morgan fingerprint density at radius 1 is 1.16 bits per heavy atom. The molecule has 8 heteroatoms. The molecule has 0 bridgehead atoms. The number of H-pyrrole nitrogens is 1. The molecule has 1 saturated carbocycles. The highest BCUT2D eigenvalue weighted by atomic mass is 35.5. The van der Waals surface area contributed by atoms with Gasteiger partial charge in [0.05, 0.1) is 10.1 Å². The average molecular weight is 461 g/mol. The van der Waals surface area contributed by atoms with E-state index in [4.69, 9.17) is 11.6 Å². The molecule has 1 aromatic carbocycles. The SMILES string of the molecule is CCC(=O)N1CC[C@H](/C=C(\c2ccc(S(=O)(=O)C3CC3)cc2)c2ccc(Cl)c(=O)[nH]2)C1. The highest BCUT2D eigenvalue weighted by Gasteiger charge is 2.36. The number of carbonyl (C=O) groups is 1. The Kier molecular flexibility index (Phi) is 6.08. The molecule has 164 valence electrons. The predicted octanol–water partition coefficient (Wildman–Crippen LogP) is 3.65. The minimum atomic E-state index is -3.27. The number of carbonyl (C=O) groups excluding carboxylic acids is 1. The third kappa shape index (κ3) is 4.62. The van der Waals surface area contributed by atoms with Crippen molar-refractivity contribution in [2.75, 3.05) is 13.1 Å². The van der Waals surface area contributed by atoms with Crippen molar-refractivity contribution >= 4 is 32.9 Å². The molecule has 2 fully saturated rings. The lowest BCUT2D eigenvalue weighted by Gasteiger charge is -2.15. The van der Waals surface area contributed by atoms with Crippen LogP contribution < -0.4 is 5.56 Å². The van der Waals surface area contributed by atoms with Crippen molar-refractivity contribution in [3.63, 3.8) is 0 Å². The summed E-state index contributed by atoms with van der Waals surface area (Å²) in [7, 11) is -3.27. The van der Waals surface area contributed by atoms with Gasteiger partial charge in [-0.05, 0) is 55.0 Å². The molecule has 1 saturated heterocycles. The van der Waals surface area contributed by atoms with Crippen LogP contribution in [0.4, 0.5) is 0 Å². The molecule has 1 amide bonds. The van der Waals surface area contributed by atoms with Gasteiger partial charge in [-0.1, -0.05) is 36.7 Å². The fraction of sp³-hybridized carbons (Fsp3) is 0.391. The number of aromatic amines is 1. The van der Waals surface area contributed by atoms with E-state index in [0.717, 1.165) is 30.4 Å². The molecule has 2 heterocycles. The Bertz CT molecular complexity index is 1180. The van der Waals surface area contributed by atoms with Crippen molar-refractivity contribution in [2.45, 2.75) is 42.8 Å². The number of pyridine rings is 1. The number of aromatic nitrogens is 1. The van der Waals surface area contributed by atoms with E-state index >= 15 is 0 Å². The normalized spacial score (nSPS) is 19.6. The van der Waals surface area contributed by atoms with Crippen LogP contribution in [0.1, 0.15) is 43.9 Å². The largest absolute Gasteiger partial charge is 0.342 e. The fourth-order valence-corrected chi connectivity index (χ4v) is 5.73. The Morgan fingerprint density at radius 2 is 1.87 bits per heavy atom. The van der Waals surface area contributed by atoms with Gasteiger partial charge < -0.3 is 9.88 Å². The summed E-state index contributed by atoms with van der Waals surface area (Å²) in [6, 6.07) is 10.1. The lowest BCUT2D eigenvalue weighted by Crippen LogP contribution is -2.27. The molecule has 0 unspecified atom stereocenters. The number of rotatable bonds is 6. The van der Waals surface area contributed by atoms with Gasteiger partial charge >= 0.3 is 0 Å². The summed E-state index contributed by atoms with van der Waals surface area (Å²) >= 11 is 5.90. The first-order valence-corrected chi connectivity index (χ1v) is 12.4. The van der Waals surface area contributed by atoms with Gasteiger partial charge in [-0.25, -0.2) is 8.42 Å². The number of nitrogens with one attached hydrogen (secondary N) is 1. The van der Waals surface area contributed by atoms with E-state index in [1.165, 1.54) is 0 Å². The van der Waals surface area contributed by atoms with Gasteiger partial charge in [-0.2, -0.15) is 0 Å². The first-order chi connectivity index (χ1) is 14.8. The monoisotopic (exact) mass is 460 g/mol. The zero-order valence-corrected chi connectivity index (χ0v) is 18.9. The van der Waals surface area contributed by atoms with Crippen molar-refractivity contribution in [1.29, 1.82) is 0 Å². The quantitative estimate of drug-likeness (QED) is 0.712. The number of hydrogen-bond donors (Lipinski definition) is 1. The van der Waals surface area contributed by atoms with Crippen LogP contribution in [-0.2, 0) is 14.6 Å². The van der Waals surface area contributed by atoms with Gasteiger partial charge in [0.15, 0.2) is 9.84 Å². The number of sulfone groups is 1. The molecule has 1 N–H and O–H groups in total. The second-order valence-electron chi connectivity index (χ2n) is 8.14. The highest BCUT2D eigenvalue weighted by molar-refractivity contribution is 7.92. The predicted molar refractivity (Wildman–Crippen MR) is 121 cm³/mol. The lowest BCUT2D eigenvalue weighted by atomic mass is 9.96. The number of likely N-dealkylation sites (tertiary alicyclic amines) is 1. The minimum absolute atomic E-state index is 0.106. The number of nitrogens with zero attached hydrogens (tertiary/aromatic N) is 1. The topological polar surface area (TPSA) is 87.3 Å². The maximum Gasteiger partial charge on any atom is 0.267 e.